The van der Waals surface area contributed by atoms with Gasteiger partial charge in [-0.1, -0.05) is 47.5 Å². The first-order chi connectivity index (χ1) is 8.59. The van der Waals surface area contributed by atoms with Crippen molar-refractivity contribution in [3.63, 3.8) is 0 Å². The number of benzene rings is 2. The smallest absolute Gasteiger partial charge is 0.0763 e. The summed E-state index contributed by atoms with van der Waals surface area (Å²) in [5, 5.41) is 0.825. The van der Waals surface area contributed by atoms with Crippen LogP contribution in [0.4, 0.5) is 5.69 Å². The van der Waals surface area contributed by atoms with Gasteiger partial charge in [-0.15, -0.1) is 0 Å². The van der Waals surface area contributed by atoms with E-state index in [1.54, 1.807) is 24.3 Å². The molecule has 0 aromatic heterocycles. The van der Waals surface area contributed by atoms with Crippen molar-refractivity contribution >= 4 is 39.7 Å². The van der Waals surface area contributed by atoms with Crippen LogP contribution >= 0.6 is 23.2 Å². The highest BCUT2D eigenvalue weighted by atomic mass is 35.5. The highest BCUT2D eigenvalue weighted by molar-refractivity contribution is 7.84. The molecule has 0 aliphatic heterocycles. The van der Waals surface area contributed by atoms with Gasteiger partial charge in [0.15, 0.2) is 0 Å². The number of halogens is 2. The molecule has 2 rings (SSSR count). The van der Waals surface area contributed by atoms with E-state index in [0.717, 1.165) is 5.56 Å². The molecule has 2 aromatic carbocycles. The number of nitrogen functional groups attached to an aromatic ring is 1. The summed E-state index contributed by atoms with van der Waals surface area (Å²) in [6.07, 6.45) is 0. The maximum Gasteiger partial charge on any atom is 0.0763 e. The molecule has 2 N–H and O–H groups in total. The van der Waals surface area contributed by atoms with Crippen molar-refractivity contribution in [1.29, 1.82) is 0 Å². The third kappa shape index (κ3) is 2.86. The van der Waals surface area contributed by atoms with Gasteiger partial charge in [0, 0.05) is 5.69 Å². The van der Waals surface area contributed by atoms with Crippen LogP contribution in [0.1, 0.15) is 5.56 Å². The maximum absolute atomic E-state index is 12.3. The second-order valence-corrected chi connectivity index (χ2v) is 5.94. The summed E-state index contributed by atoms with van der Waals surface area (Å²) >= 11 is 12.0. The zero-order valence-corrected chi connectivity index (χ0v) is 11.7. The fourth-order valence-corrected chi connectivity index (χ4v) is 3.75. The van der Waals surface area contributed by atoms with Crippen LogP contribution in [0.2, 0.25) is 10.0 Å². The first-order valence-corrected chi connectivity index (χ1v) is 7.33. The zero-order valence-electron chi connectivity index (χ0n) is 9.40. The Morgan fingerprint density at radius 3 is 2.22 bits per heavy atom. The molecular weight excluding hydrogens is 289 g/mol. The Morgan fingerprint density at radius 2 is 1.61 bits per heavy atom. The molecular formula is C13H11Cl2NOS. The molecule has 94 valence electrons. The van der Waals surface area contributed by atoms with Crippen molar-refractivity contribution in [1.82, 2.24) is 0 Å². The van der Waals surface area contributed by atoms with Gasteiger partial charge >= 0.3 is 0 Å². The molecule has 0 bridgehead atoms. The molecule has 2 nitrogen and oxygen atoms in total. The van der Waals surface area contributed by atoms with Crippen LogP contribution in [0.25, 0.3) is 0 Å². The van der Waals surface area contributed by atoms with Crippen LogP contribution in [0.3, 0.4) is 0 Å². The number of para-hydroxylation sites is 1. The predicted molar refractivity (Wildman–Crippen MR) is 77.4 cm³/mol. The summed E-state index contributed by atoms with van der Waals surface area (Å²) in [5.74, 6) is 0.302. The van der Waals surface area contributed by atoms with E-state index in [0.29, 0.717) is 26.4 Å². The van der Waals surface area contributed by atoms with Gasteiger partial charge in [-0.05, 0) is 23.8 Å². The van der Waals surface area contributed by atoms with E-state index in [9.17, 15) is 4.21 Å². The number of anilines is 1. The summed E-state index contributed by atoms with van der Waals surface area (Å²) in [6.45, 7) is 0. The lowest BCUT2D eigenvalue weighted by Crippen LogP contribution is -2.01. The molecule has 0 saturated carbocycles. The molecule has 1 atom stereocenters. The van der Waals surface area contributed by atoms with Gasteiger partial charge in [0.2, 0.25) is 0 Å². The summed E-state index contributed by atoms with van der Waals surface area (Å²) in [5.41, 5.74) is 7.27. The minimum absolute atomic E-state index is 0.302. The van der Waals surface area contributed by atoms with Gasteiger partial charge < -0.3 is 5.73 Å². The number of hydrogen-bond acceptors (Lipinski definition) is 2. The largest absolute Gasteiger partial charge is 0.398 e. The van der Waals surface area contributed by atoms with Crippen LogP contribution in [0.5, 0.6) is 0 Å². The van der Waals surface area contributed by atoms with E-state index in [4.69, 9.17) is 28.9 Å². The lowest BCUT2D eigenvalue weighted by Gasteiger charge is -2.08. The Hall–Kier alpha value is -1.03. The van der Waals surface area contributed by atoms with E-state index >= 15 is 0 Å². The minimum atomic E-state index is -1.31. The molecule has 0 heterocycles. The number of rotatable bonds is 3. The third-order valence-electron chi connectivity index (χ3n) is 2.49. The second kappa shape index (κ2) is 5.74. The lowest BCUT2D eigenvalue weighted by molar-refractivity contribution is 0.683. The van der Waals surface area contributed by atoms with Crippen molar-refractivity contribution in [2.75, 3.05) is 5.73 Å². The lowest BCUT2D eigenvalue weighted by atomic mass is 10.2. The average Bonchev–Trinajstić information content (AvgIpc) is 2.32. The summed E-state index contributed by atoms with van der Waals surface area (Å²) < 4.78 is 12.3. The van der Waals surface area contributed by atoms with E-state index in [1.807, 2.05) is 18.2 Å². The average molecular weight is 300 g/mol. The minimum Gasteiger partial charge on any atom is -0.398 e. The number of hydrogen-bond donors (Lipinski definition) is 1. The van der Waals surface area contributed by atoms with E-state index < -0.39 is 10.8 Å². The fourth-order valence-electron chi connectivity index (χ4n) is 1.58. The third-order valence-corrected chi connectivity index (χ3v) is 4.81. The molecule has 0 amide bonds. The van der Waals surface area contributed by atoms with Gasteiger partial charge in [-0.25, -0.2) is 0 Å². The molecule has 5 heteroatoms. The highest BCUT2D eigenvalue weighted by Gasteiger charge is 2.14. The van der Waals surface area contributed by atoms with Crippen LogP contribution < -0.4 is 5.73 Å². The quantitative estimate of drug-likeness (QED) is 0.874. The van der Waals surface area contributed by atoms with Crippen molar-refractivity contribution in [3.05, 3.63) is 58.1 Å². The Bertz CT molecular complexity index is 581. The van der Waals surface area contributed by atoms with Crippen molar-refractivity contribution in [2.45, 2.75) is 10.6 Å². The van der Waals surface area contributed by atoms with Crippen molar-refractivity contribution in [2.24, 2.45) is 0 Å². The van der Waals surface area contributed by atoms with Gasteiger partial charge in [0.05, 0.1) is 31.5 Å². The van der Waals surface area contributed by atoms with Gasteiger partial charge in [-0.3, -0.25) is 4.21 Å². The Labute approximate surface area is 118 Å². The fraction of sp³-hybridized carbons (Fsp3) is 0.0769. The zero-order chi connectivity index (χ0) is 13.1. The van der Waals surface area contributed by atoms with E-state index in [-0.39, 0.29) is 0 Å². The van der Waals surface area contributed by atoms with Crippen LogP contribution in [0.15, 0.2) is 47.4 Å². The van der Waals surface area contributed by atoms with Gasteiger partial charge in [-0.2, -0.15) is 0 Å². The molecule has 0 radical (unpaired) electrons. The van der Waals surface area contributed by atoms with Gasteiger partial charge in [0.1, 0.15) is 0 Å². The maximum atomic E-state index is 12.3. The van der Waals surface area contributed by atoms with Crippen LogP contribution in [0, 0.1) is 0 Å². The highest BCUT2D eigenvalue weighted by Crippen LogP contribution is 2.29. The standard InChI is InChI=1S/C13H11Cl2NOS/c14-10-5-3-6-11(15)13(10)18(17)8-9-4-1-2-7-12(9)16/h1-7H,8,16H2. The molecule has 0 aliphatic rings. The summed E-state index contributed by atoms with van der Waals surface area (Å²) in [6, 6.07) is 12.4. The van der Waals surface area contributed by atoms with Crippen molar-refractivity contribution < 1.29 is 4.21 Å². The second-order valence-electron chi connectivity index (χ2n) is 3.74. The Balaban J connectivity index is 2.31. The normalized spacial score (nSPS) is 12.3. The number of nitrogens with two attached hydrogens (primary N) is 1. The Morgan fingerprint density at radius 1 is 1.00 bits per heavy atom. The summed E-state index contributed by atoms with van der Waals surface area (Å²) in [4.78, 5) is 0.462. The molecule has 1 unspecified atom stereocenters. The molecule has 0 fully saturated rings. The van der Waals surface area contributed by atoms with Crippen LogP contribution in [-0.2, 0) is 16.6 Å². The van der Waals surface area contributed by atoms with Crippen molar-refractivity contribution in [3.8, 4) is 0 Å². The molecule has 0 saturated heterocycles. The predicted octanol–water partition coefficient (Wildman–Crippen LogP) is 3.88. The van der Waals surface area contributed by atoms with E-state index in [1.165, 1.54) is 0 Å². The van der Waals surface area contributed by atoms with Crippen LogP contribution in [-0.4, -0.2) is 4.21 Å². The molecule has 2 aromatic rings. The monoisotopic (exact) mass is 299 g/mol. The van der Waals surface area contributed by atoms with Gasteiger partial charge in [0.25, 0.3) is 0 Å². The molecule has 18 heavy (non-hydrogen) atoms. The van der Waals surface area contributed by atoms with E-state index in [2.05, 4.69) is 0 Å². The molecule has 0 spiro atoms. The Kier molecular flexibility index (Phi) is 4.27. The first-order valence-electron chi connectivity index (χ1n) is 5.25. The topological polar surface area (TPSA) is 43.1 Å². The SMILES string of the molecule is Nc1ccccc1CS(=O)c1c(Cl)cccc1Cl. The molecule has 0 aliphatic carbocycles. The summed E-state index contributed by atoms with van der Waals surface area (Å²) in [7, 11) is -1.31. The first kappa shape index (κ1) is 13.4.